The summed E-state index contributed by atoms with van der Waals surface area (Å²) < 4.78 is 44.6. The number of aliphatic carboxylic acids is 1. The van der Waals surface area contributed by atoms with Gasteiger partial charge in [-0.3, -0.25) is 4.79 Å². The topological polar surface area (TPSA) is 104 Å². The van der Waals surface area contributed by atoms with Crippen LogP contribution in [0.25, 0.3) is 10.9 Å². The average Bonchev–Trinajstić information content (AvgIpc) is 3.11. The number of aryl methyl sites for hydroxylation is 1. The number of carbonyl (C=O) groups is 1. The highest BCUT2D eigenvalue weighted by Crippen LogP contribution is 2.35. The zero-order valence-corrected chi connectivity index (χ0v) is 17.1. The Bertz CT molecular complexity index is 1210. The first-order valence-electron chi connectivity index (χ1n) is 9.54. The van der Waals surface area contributed by atoms with Gasteiger partial charge in [0.1, 0.15) is 19.0 Å². The second kappa shape index (κ2) is 7.91. The molecule has 3 aromatic rings. The fourth-order valence-corrected chi connectivity index (χ4v) is 4.84. The molecule has 1 aliphatic heterocycles. The molecule has 2 heterocycles. The van der Waals surface area contributed by atoms with Crippen LogP contribution in [0.2, 0.25) is 0 Å². The number of rotatable bonds is 7. The van der Waals surface area contributed by atoms with E-state index in [9.17, 15) is 13.2 Å². The highest BCUT2D eigenvalue weighted by Gasteiger charge is 2.24. The number of carboxylic acid groups (broad SMARTS) is 1. The molecule has 0 aliphatic carbocycles. The Hall–Kier alpha value is -3.20. The van der Waals surface area contributed by atoms with Gasteiger partial charge in [0.2, 0.25) is 0 Å². The molecule has 2 aromatic carbocycles. The normalized spacial score (nSPS) is 13.4. The van der Waals surface area contributed by atoms with Crippen molar-refractivity contribution in [2.75, 3.05) is 19.8 Å². The van der Waals surface area contributed by atoms with Crippen LogP contribution in [-0.2, 0) is 21.2 Å². The summed E-state index contributed by atoms with van der Waals surface area (Å²) in [6.45, 7) is 3.04. The molecule has 0 unspecified atom stereocenters. The molecule has 0 spiro atoms. The Morgan fingerprint density at radius 2 is 1.90 bits per heavy atom. The highest BCUT2D eigenvalue weighted by atomic mass is 32.2. The van der Waals surface area contributed by atoms with Gasteiger partial charge in [-0.2, -0.15) is 0 Å². The Morgan fingerprint density at radius 1 is 1.13 bits per heavy atom. The third-order valence-corrected chi connectivity index (χ3v) is 6.48. The van der Waals surface area contributed by atoms with Crippen LogP contribution >= 0.6 is 0 Å². The SMILES string of the molecule is CCOc1ccc2c(CCC(=O)O)cn(S(=O)(=O)c3ccc4c(c3)OCCO4)c2c1. The van der Waals surface area contributed by atoms with Crippen molar-refractivity contribution >= 4 is 26.9 Å². The zero-order chi connectivity index (χ0) is 21.3. The molecule has 0 atom stereocenters. The maximum Gasteiger partial charge on any atom is 0.303 e. The van der Waals surface area contributed by atoms with E-state index in [1.807, 2.05) is 6.92 Å². The molecule has 9 heteroatoms. The molecule has 1 aromatic heterocycles. The minimum Gasteiger partial charge on any atom is -0.494 e. The standard InChI is InChI=1S/C21H21NO7S/c1-2-27-15-4-6-17-14(3-8-21(23)24)13-22(18(17)11-15)30(25,26)16-5-7-19-20(12-16)29-10-9-28-19/h4-7,11-13H,2-3,8-10H2,1H3,(H,23,24). The molecule has 158 valence electrons. The molecule has 4 rings (SSSR count). The quantitative estimate of drug-likeness (QED) is 0.613. The van der Waals surface area contributed by atoms with E-state index < -0.39 is 16.0 Å². The first-order valence-corrected chi connectivity index (χ1v) is 11.0. The van der Waals surface area contributed by atoms with Crippen LogP contribution in [-0.4, -0.2) is 43.3 Å². The van der Waals surface area contributed by atoms with Crippen LogP contribution in [0.15, 0.2) is 47.5 Å². The van der Waals surface area contributed by atoms with E-state index >= 15 is 0 Å². The Balaban J connectivity index is 1.85. The number of hydrogen-bond acceptors (Lipinski definition) is 6. The van der Waals surface area contributed by atoms with Gasteiger partial charge in [-0.25, -0.2) is 12.4 Å². The van der Waals surface area contributed by atoms with Crippen molar-refractivity contribution in [2.24, 2.45) is 0 Å². The van der Waals surface area contributed by atoms with Gasteiger partial charge in [-0.05, 0) is 43.2 Å². The number of hydrogen-bond donors (Lipinski definition) is 1. The maximum atomic E-state index is 13.5. The number of benzene rings is 2. The summed E-state index contributed by atoms with van der Waals surface area (Å²) >= 11 is 0. The van der Waals surface area contributed by atoms with Crippen LogP contribution in [0.1, 0.15) is 18.9 Å². The van der Waals surface area contributed by atoms with E-state index in [4.69, 9.17) is 19.3 Å². The Kier molecular flexibility index (Phi) is 5.29. The van der Waals surface area contributed by atoms with E-state index in [0.717, 1.165) is 0 Å². The van der Waals surface area contributed by atoms with Crippen LogP contribution in [0, 0.1) is 0 Å². The summed E-state index contributed by atoms with van der Waals surface area (Å²) in [5.74, 6) is 0.460. The third-order valence-electron chi connectivity index (χ3n) is 4.82. The predicted octanol–water partition coefficient (Wildman–Crippen LogP) is 3.07. The zero-order valence-electron chi connectivity index (χ0n) is 16.3. The lowest BCUT2D eigenvalue weighted by Gasteiger charge is -2.19. The monoisotopic (exact) mass is 431 g/mol. The van der Waals surface area contributed by atoms with E-state index in [2.05, 4.69) is 0 Å². The Labute approximate surface area is 173 Å². The van der Waals surface area contributed by atoms with Crippen molar-refractivity contribution in [3.8, 4) is 17.2 Å². The molecule has 0 bridgehead atoms. The van der Waals surface area contributed by atoms with Gasteiger partial charge < -0.3 is 19.3 Å². The van der Waals surface area contributed by atoms with Crippen LogP contribution in [0.3, 0.4) is 0 Å². The summed E-state index contributed by atoms with van der Waals surface area (Å²) in [4.78, 5) is 11.1. The molecule has 0 radical (unpaired) electrons. The van der Waals surface area contributed by atoms with Crippen molar-refractivity contribution in [2.45, 2.75) is 24.7 Å². The average molecular weight is 431 g/mol. The summed E-state index contributed by atoms with van der Waals surface area (Å²) in [5, 5.41) is 9.71. The number of fused-ring (bicyclic) bond motifs is 2. The molecule has 30 heavy (non-hydrogen) atoms. The molecular formula is C21H21NO7S. The van der Waals surface area contributed by atoms with Gasteiger partial charge in [0, 0.05) is 30.1 Å². The van der Waals surface area contributed by atoms with Gasteiger partial charge >= 0.3 is 5.97 Å². The lowest BCUT2D eigenvalue weighted by molar-refractivity contribution is -0.136. The van der Waals surface area contributed by atoms with Crippen molar-refractivity contribution in [3.05, 3.63) is 48.2 Å². The molecule has 0 amide bonds. The van der Waals surface area contributed by atoms with Gasteiger partial charge in [-0.15, -0.1) is 0 Å². The fourth-order valence-electron chi connectivity index (χ4n) is 3.44. The minimum atomic E-state index is -3.97. The Morgan fingerprint density at radius 3 is 2.63 bits per heavy atom. The predicted molar refractivity (Wildman–Crippen MR) is 109 cm³/mol. The number of carboxylic acids is 1. The molecule has 0 saturated carbocycles. The second-order valence-corrected chi connectivity index (χ2v) is 8.58. The largest absolute Gasteiger partial charge is 0.494 e. The number of aromatic nitrogens is 1. The smallest absolute Gasteiger partial charge is 0.303 e. The lowest BCUT2D eigenvalue weighted by Crippen LogP contribution is -2.17. The van der Waals surface area contributed by atoms with Gasteiger partial charge in [0.25, 0.3) is 10.0 Å². The first kappa shape index (κ1) is 20.1. The molecular weight excluding hydrogens is 410 g/mol. The van der Waals surface area contributed by atoms with Crippen molar-refractivity contribution in [1.82, 2.24) is 3.97 Å². The first-order chi connectivity index (χ1) is 14.4. The number of ether oxygens (including phenoxy) is 3. The van der Waals surface area contributed by atoms with Crippen molar-refractivity contribution in [1.29, 1.82) is 0 Å². The van der Waals surface area contributed by atoms with E-state index in [1.54, 1.807) is 24.3 Å². The second-order valence-electron chi connectivity index (χ2n) is 6.77. The van der Waals surface area contributed by atoms with E-state index in [0.29, 0.717) is 53.5 Å². The molecule has 1 N–H and O–H groups in total. The van der Waals surface area contributed by atoms with Gasteiger partial charge in [0.05, 0.1) is 17.0 Å². The number of nitrogens with zero attached hydrogens (tertiary/aromatic N) is 1. The molecule has 0 fully saturated rings. The summed E-state index contributed by atoms with van der Waals surface area (Å²) in [7, 11) is -3.97. The van der Waals surface area contributed by atoms with E-state index in [-0.39, 0.29) is 17.7 Å². The van der Waals surface area contributed by atoms with Crippen LogP contribution in [0.4, 0.5) is 0 Å². The van der Waals surface area contributed by atoms with Crippen LogP contribution < -0.4 is 14.2 Å². The summed E-state index contributed by atoms with van der Waals surface area (Å²) in [6.07, 6.45) is 1.59. The van der Waals surface area contributed by atoms with Crippen LogP contribution in [0.5, 0.6) is 17.2 Å². The maximum absolute atomic E-state index is 13.5. The highest BCUT2D eigenvalue weighted by molar-refractivity contribution is 7.90. The summed E-state index contributed by atoms with van der Waals surface area (Å²) in [5.41, 5.74) is 1.06. The molecule has 0 saturated heterocycles. The van der Waals surface area contributed by atoms with Gasteiger partial charge in [-0.1, -0.05) is 0 Å². The molecule has 8 nitrogen and oxygen atoms in total. The fraction of sp³-hybridized carbons (Fsp3) is 0.286. The van der Waals surface area contributed by atoms with E-state index in [1.165, 1.54) is 22.3 Å². The van der Waals surface area contributed by atoms with Crippen molar-refractivity contribution in [3.63, 3.8) is 0 Å². The third kappa shape index (κ3) is 3.68. The summed E-state index contributed by atoms with van der Waals surface area (Å²) in [6, 6.07) is 9.64. The molecule has 1 aliphatic rings. The van der Waals surface area contributed by atoms with Crippen molar-refractivity contribution < 1.29 is 32.5 Å². The minimum absolute atomic E-state index is 0.0512. The lowest BCUT2D eigenvalue weighted by atomic mass is 10.1. The van der Waals surface area contributed by atoms with Gasteiger partial charge in [0.15, 0.2) is 11.5 Å².